The number of aryl methyl sites for hydroxylation is 1. The van der Waals surface area contributed by atoms with Crippen molar-refractivity contribution in [3.05, 3.63) is 36.4 Å². The zero-order valence-corrected chi connectivity index (χ0v) is 14.9. The van der Waals surface area contributed by atoms with Crippen molar-refractivity contribution in [2.75, 3.05) is 30.7 Å². The zero-order chi connectivity index (χ0) is 17.2. The van der Waals surface area contributed by atoms with Gasteiger partial charge >= 0.3 is 0 Å². The lowest BCUT2D eigenvalue weighted by atomic mass is 10.1. The second kappa shape index (κ2) is 10.3. The number of halogens is 1. The molecule has 0 saturated carbocycles. The van der Waals surface area contributed by atoms with Gasteiger partial charge in [0.15, 0.2) is 0 Å². The van der Waals surface area contributed by atoms with Crippen molar-refractivity contribution < 1.29 is 14.3 Å². The average molecular weight is 340 g/mol. The molecule has 0 fully saturated rings. The van der Waals surface area contributed by atoms with Gasteiger partial charge < -0.3 is 9.47 Å². The van der Waals surface area contributed by atoms with Crippen LogP contribution in [0.2, 0.25) is 0 Å². The standard InChI is InChI=1S/C18H26ClNO3/c1-5-10-22-13-20(17(21)11-19)18-15(6-2)8-7-9-16(18)23-12-14(3)4/h5,7-9,14H,1,6,10-13H2,2-4H3. The van der Waals surface area contributed by atoms with Crippen LogP contribution >= 0.6 is 11.6 Å². The van der Waals surface area contributed by atoms with Gasteiger partial charge in [0.05, 0.1) is 18.9 Å². The highest BCUT2D eigenvalue weighted by molar-refractivity contribution is 6.29. The summed E-state index contributed by atoms with van der Waals surface area (Å²) in [4.78, 5) is 13.8. The van der Waals surface area contributed by atoms with E-state index in [0.29, 0.717) is 24.9 Å². The molecule has 0 radical (unpaired) electrons. The van der Waals surface area contributed by atoms with E-state index in [4.69, 9.17) is 21.1 Å². The molecule has 128 valence electrons. The lowest BCUT2D eigenvalue weighted by Crippen LogP contribution is -2.35. The third-order valence-corrected chi connectivity index (χ3v) is 3.41. The summed E-state index contributed by atoms with van der Waals surface area (Å²) >= 11 is 5.78. The fraction of sp³-hybridized carbons (Fsp3) is 0.500. The number of carbonyl (C=O) groups excluding carboxylic acids is 1. The Morgan fingerprint density at radius 3 is 2.74 bits per heavy atom. The quantitative estimate of drug-likeness (QED) is 0.280. The van der Waals surface area contributed by atoms with Crippen molar-refractivity contribution in [2.45, 2.75) is 27.2 Å². The first-order valence-electron chi connectivity index (χ1n) is 7.84. The van der Waals surface area contributed by atoms with Gasteiger partial charge in [0.25, 0.3) is 0 Å². The molecular formula is C18H26ClNO3. The van der Waals surface area contributed by atoms with Crippen LogP contribution in [0.4, 0.5) is 5.69 Å². The van der Waals surface area contributed by atoms with Crippen LogP contribution in [-0.4, -0.2) is 31.7 Å². The van der Waals surface area contributed by atoms with Crippen LogP contribution in [0.15, 0.2) is 30.9 Å². The largest absolute Gasteiger partial charge is 0.491 e. The molecule has 0 aliphatic heterocycles. The van der Waals surface area contributed by atoms with E-state index in [1.54, 1.807) is 11.0 Å². The van der Waals surface area contributed by atoms with Crippen molar-refractivity contribution in [1.29, 1.82) is 0 Å². The van der Waals surface area contributed by atoms with E-state index in [1.807, 2.05) is 25.1 Å². The van der Waals surface area contributed by atoms with Crippen molar-refractivity contribution >= 4 is 23.2 Å². The minimum Gasteiger partial charge on any atom is -0.491 e. The van der Waals surface area contributed by atoms with Crippen LogP contribution in [-0.2, 0) is 16.0 Å². The van der Waals surface area contributed by atoms with Gasteiger partial charge in [0.2, 0.25) is 5.91 Å². The highest BCUT2D eigenvalue weighted by Gasteiger charge is 2.22. The SMILES string of the molecule is C=CCOCN(C(=O)CCl)c1c(CC)cccc1OCC(C)C. The molecule has 0 unspecified atom stereocenters. The number of ether oxygens (including phenoxy) is 2. The fourth-order valence-corrected chi connectivity index (χ4v) is 2.24. The van der Waals surface area contributed by atoms with Gasteiger partial charge in [-0.25, -0.2) is 0 Å². The molecule has 0 atom stereocenters. The first kappa shape index (κ1) is 19.5. The summed E-state index contributed by atoms with van der Waals surface area (Å²) < 4.78 is 11.4. The van der Waals surface area contributed by atoms with E-state index in [9.17, 15) is 4.79 Å². The normalized spacial score (nSPS) is 10.7. The molecule has 1 aromatic carbocycles. The van der Waals surface area contributed by atoms with Crippen LogP contribution in [0, 0.1) is 5.92 Å². The molecule has 1 rings (SSSR count). The summed E-state index contributed by atoms with van der Waals surface area (Å²) in [5.41, 5.74) is 1.76. The molecule has 0 aromatic heterocycles. The smallest absolute Gasteiger partial charge is 0.243 e. The number of amides is 1. The zero-order valence-electron chi connectivity index (χ0n) is 14.2. The first-order chi connectivity index (χ1) is 11.0. The number of hydrogen-bond acceptors (Lipinski definition) is 3. The molecule has 0 aliphatic rings. The van der Waals surface area contributed by atoms with Crippen molar-refractivity contribution in [1.82, 2.24) is 0 Å². The lowest BCUT2D eigenvalue weighted by Gasteiger charge is -2.26. The minimum absolute atomic E-state index is 0.112. The molecule has 0 bridgehead atoms. The maximum absolute atomic E-state index is 12.3. The Hall–Kier alpha value is -1.52. The molecule has 5 heteroatoms. The molecule has 0 heterocycles. The summed E-state index contributed by atoms with van der Waals surface area (Å²) in [7, 11) is 0. The van der Waals surface area contributed by atoms with Gasteiger partial charge in [-0.2, -0.15) is 0 Å². The van der Waals surface area contributed by atoms with Gasteiger partial charge in [0.1, 0.15) is 18.4 Å². The average Bonchev–Trinajstić information content (AvgIpc) is 2.56. The highest BCUT2D eigenvalue weighted by atomic mass is 35.5. The predicted molar refractivity (Wildman–Crippen MR) is 95.4 cm³/mol. The van der Waals surface area contributed by atoms with Gasteiger partial charge in [-0.1, -0.05) is 39.0 Å². The van der Waals surface area contributed by atoms with Crippen molar-refractivity contribution in [3.63, 3.8) is 0 Å². The lowest BCUT2D eigenvalue weighted by molar-refractivity contribution is -0.117. The number of anilines is 1. The number of benzene rings is 1. The molecule has 0 spiro atoms. The number of alkyl halides is 1. The first-order valence-corrected chi connectivity index (χ1v) is 8.38. The number of nitrogens with zero attached hydrogens (tertiary/aromatic N) is 1. The highest BCUT2D eigenvalue weighted by Crippen LogP contribution is 2.33. The third kappa shape index (κ3) is 5.88. The molecule has 0 N–H and O–H groups in total. The third-order valence-electron chi connectivity index (χ3n) is 3.18. The summed E-state index contributed by atoms with van der Waals surface area (Å²) in [5, 5.41) is 0. The summed E-state index contributed by atoms with van der Waals surface area (Å²) in [6.45, 7) is 10.9. The van der Waals surface area contributed by atoms with E-state index < -0.39 is 0 Å². The molecular weight excluding hydrogens is 314 g/mol. The molecule has 4 nitrogen and oxygen atoms in total. The molecule has 0 aliphatic carbocycles. The van der Waals surface area contributed by atoms with Gasteiger partial charge in [-0.05, 0) is 24.0 Å². The van der Waals surface area contributed by atoms with E-state index in [1.165, 1.54) is 0 Å². The molecule has 1 aromatic rings. The molecule has 0 saturated heterocycles. The number of hydrogen-bond donors (Lipinski definition) is 0. The Bertz CT molecular complexity index is 517. The minimum atomic E-state index is -0.217. The van der Waals surface area contributed by atoms with Crippen molar-refractivity contribution in [3.8, 4) is 5.75 Å². The number of rotatable bonds is 10. The molecule has 1 amide bonds. The van der Waals surface area contributed by atoms with Gasteiger partial charge in [0, 0.05) is 0 Å². The molecule has 23 heavy (non-hydrogen) atoms. The van der Waals surface area contributed by atoms with E-state index in [2.05, 4.69) is 20.4 Å². The van der Waals surface area contributed by atoms with Crippen LogP contribution in [0.25, 0.3) is 0 Å². The summed E-state index contributed by atoms with van der Waals surface area (Å²) in [5.74, 6) is 0.742. The van der Waals surface area contributed by atoms with Crippen molar-refractivity contribution in [2.24, 2.45) is 5.92 Å². The predicted octanol–water partition coefficient (Wildman–Crippen LogP) is 4.02. The second-order valence-electron chi connectivity index (χ2n) is 5.57. The van der Waals surface area contributed by atoms with Crippen LogP contribution in [0.1, 0.15) is 26.3 Å². The number of carbonyl (C=O) groups is 1. The Morgan fingerprint density at radius 1 is 1.43 bits per heavy atom. The van der Waals surface area contributed by atoms with E-state index in [0.717, 1.165) is 17.7 Å². The maximum Gasteiger partial charge on any atom is 0.243 e. The Balaban J connectivity index is 3.18. The fourth-order valence-electron chi connectivity index (χ4n) is 2.09. The Kier molecular flexibility index (Phi) is 8.74. The van der Waals surface area contributed by atoms with Crippen LogP contribution in [0.3, 0.4) is 0 Å². The maximum atomic E-state index is 12.3. The van der Waals surface area contributed by atoms with Crippen LogP contribution in [0.5, 0.6) is 5.75 Å². The monoisotopic (exact) mass is 339 g/mol. The van der Waals surface area contributed by atoms with Gasteiger partial charge in [-0.3, -0.25) is 9.69 Å². The Labute approximate surface area is 144 Å². The summed E-state index contributed by atoms with van der Waals surface area (Å²) in [6.07, 6.45) is 2.42. The van der Waals surface area contributed by atoms with Gasteiger partial charge in [-0.15, -0.1) is 18.2 Å². The van der Waals surface area contributed by atoms with E-state index >= 15 is 0 Å². The Morgan fingerprint density at radius 2 is 2.17 bits per heavy atom. The number of para-hydroxylation sites is 1. The summed E-state index contributed by atoms with van der Waals surface area (Å²) in [6, 6.07) is 5.80. The topological polar surface area (TPSA) is 38.8 Å². The van der Waals surface area contributed by atoms with E-state index in [-0.39, 0.29) is 18.5 Å². The second-order valence-corrected chi connectivity index (χ2v) is 5.83. The van der Waals surface area contributed by atoms with Crippen LogP contribution < -0.4 is 9.64 Å².